The normalized spacial score (nSPS) is 16.4. The largest absolute Gasteiger partial charge is 0.369 e. The van der Waals surface area contributed by atoms with Crippen molar-refractivity contribution in [2.45, 2.75) is 25.7 Å². The molecule has 0 saturated carbocycles. The quantitative estimate of drug-likeness (QED) is 0.858. The van der Waals surface area contributed by atoms with Crippen LogP contribution in [0.25, 0.3) is 0 Å². The summed E-state index contributed by atoms with van der Waals surface area (Å²) in [5.74, 6) is 0. The van der Waals surface area contributed by atoms with Crippen LogP contribution in [-0.4, -0.2) is 43.9 Å². The van der Waals surface area contributed by atoms with Crippen molar-refractivity contribution in [3.63, 3.8) is 0 Å². The Labute approximate surface area is 144 Å². The van der Waals surface area contributed by atoms with Crippen molar-refractivity contribution >= 4 is 15.7 Å². The molecule has 6 heteroatoms. The summed E-state index contributed by atoms with van der Waals surface area (Å²) >= 11 is 0. The third kappa shape index (κ3) is 3.30. The fourth-order valence-corrected chi connectivity index (χ4v) is 4.45. The first-order chi connectivity index (χ1) is 11.4. The van der Waals surface area contributed by atoms with Crippen LogP contribution in [0.2, 0.25) is 0 Å². The molecule has 2 heterocycles. The van der Waals surface area contributed by atoms with Crippen LogP contribution in [0.3, 0.4) is 0 Å². The second kappa shape index (κ2) is 6.53. The lowest BCUT2D eigenvalue weighted by Gasteiger charge is -2.35. The molecule has 5 nitrogen and oxygen atoms in total. The summed E-state index contributed by atoms with van der Waals surface area (Å²) in [5, 5.41) is 0. The van der Waals surface area contributed by atoms with Crippen molar-refractivity contribution in [3.05, 3.63) is 53.3 Å². The average Bonchev–Trinajstić information content (AvgIpc) is 2.57. The maximum atomic E-state index is 12.8. The van der Waals surface area contributed by atoms with E-state index in [0.717, 1.165) is 22.5 Å². The van der Waals surface area contributed by atoms with E-state index in [4.69, 9.17) is 0 Å². The lowest BCUT2D eigenvalue weighted by molar-refractivity contribution is 0.385. The van der Waals surface area contributed by atoms with E-state index in [1.165, 1.54) is 0 Å². The Morgan fingerprint density at radius 2 is 1.62 bits per heavy atom. The fraction of sp³-hybridized carbons (Fsp3) is 0.389. The van der Waals surface area contributed by atoms with Gasteiger partial charge >= 0.3 is 0 Å². The van der Waals surface area contributed by atoms with Crippen molar-refractivity contribution in [2.75, 3.05) is 31.1 Å². The number of rotatable bonds is 3. The van der Waals surface area contributed by atoms with Gasteiger partial charge in [-0.3, -0.25) is 4.98 Å². The van der Waals surface area contributed by atoms with E-state index < -0.39 is 10.0 Å². The van der Waals surface area contributed by atoms with Gasteiger partial charge in [0.05, 0.1) is 4.90 Å². The Kier molecular flexibility index (Phi) is 4.60. The first-order valence-electron chi connectivity index (χ1n) is 8.13. The minimum atomic E-state index is -3.42. The number of hydrogen-bond acceptors (Lipinski definition) is 4. The Morgan fingerprint density at radius 1 is 0.917 bits per heavy atom. The first-order valence-corrected chi connectivity index (χ1v) is 9.57. The monoisotopic (exact) mass is 345 g/mol. The molecule has 24 heavy (non-hydrogen) atoms. The van der Waals surface area contributed by atoms with Crippen LogP contribution in [0.5, 0.6) is 0 Å². The number of aromatic nitrogens is 1. The van der Waals surface area contributed by atoms with E-state index in [2.05, 4.69) is 9.88 Å². The van der Waals surface area contributed by atoms with Gasteiger partial charge in [-0.1, -0.05) is 6.07 Å². The topological polar surface area (TPSA) is 53.5 Å². The van der Waals surface area contributed by atoms with Crippen molar-refractivity contribution < 1.29 is 8.42 Å². The number of nitrogens with zero attached hydrogens (tertiary/aromatic N) is 3. The zero-order valence-corrected chi connectivity index (χ0v) is 15.2. The van der Waals surface area contributed by atoms with Crippen LogP contribution in [0.15, 0.2) is 41.4 Å². The SMILES string of the molecule is Cc1cc(N2CCN(S(=O)(=O)c3ccc(C)c(C)c3)CC2)ccn1. The summed E-state index contributed by atoms with van der Waals surface area (Å²) in [6, 6.07) is 9.35. The molecule has 128 valence electrons. The molecule has 1 aliphatic rings. The van der Waals surface area contributed by atoms with Crippen LogP contribution >= 0.6 is 0 Å². The van der Waals surface area contributed by atoms with E-state index in [0.29, 0.717) is 31.1 Å². The molecular weight excluding hydrogens is 322 g/mol. The molecule has 1 fully saturated rings. The van der Waals surface area contributed by atoms with Crippen molar-refractivity contribution in [3.8, 4) is 0 Å². The standard InChI is InChI=1S/C18H23N3O2S/c1-14-4-5-18(12-15(14)2)24(22,23)21-10-8-20(9-11-21)17-6-7-19-16(3)13-17/h4-7,12-13H,8-11H2,1-3H3. The van der Waals surface area contributed by atoms with Gasteiger partial charge in [0.25, 0.3) is 0 Å². The molecule has 1 saturated heterocycles. The van der Waals surface area contributed by atoms with Crippen LogP contribution < -0.4 is 4.90 Å². The summed E-state index contributed by atoms with van der Waals surface area (Å²) in [7, 11) is -3.42. The number of benzene rings is 1. The minimum Gasteiger partial charge on any atom is -0.369 e. The van der Waals surface area contributed by atoms with Crippen molar-refractivity contribution in [1.82, 2.24) is 9.29 Å². The Balaban J connectivity index is 1.74. The third-order valence-electron chi connectivity index (χ3n) is 4.60. The number of pyridine rings is 1. The Morgan fingerprint density at radius 3 is 2.25 bits per heavy atom. The summed E-state index contributed by atoms with van der Waals surface area (Å²) in [6.07, 6.45) is 1.79. The molecular formula is C18H23N3O2S. The van der Waals surface area contributed by atoms with Gasteiger partial charge in [0.1, 0.15) is 0 Å². The van der Waals surface area contributed by atoms with E-state index in [-0.39, 0.29) is 0 Å². The van der Waals surface area contributed by atoms with Crippen LogP contribution in [0.1, 0.15) is 16.8 Å². The maximum absolute atomic E-state index is 12.8. The second-order valence-corrected chi connectivity index (χ2v) is 8.23. The fourth-order valence-electron chi connectivity index (χ4n) is 2.94. The molecule has 1 aromatic carbocycles. The van der Waals surface area contributed by atoms with E-state index in [1.807, 2.05) is 39.0 Å². The highest BCUT2D eigenvalue weighted by Gasteiger charge is 2.28. The molecule has 0 amide bonds. The molecule has 0 bridgehead atoms. The third-order valence-corrected chi connectivity index (χ3v) is 6.49. The summed E-state index contributed by atoms with van der Waals surface area (Å²) in [4.78, 5) is 6.81. The van der Waals surface area contributed by atoms with E-state index in [1.54, 1.807) is 22.6 Å². The summed E-state index contributed by atoms with van der Waals surface area (Å²) in [5.41, 5.74) is 4.18. The number of hydrogen-bond donors (Lipinski definition) is 0. The minimum absolute atomic E-state index is 0.388. The Bertz CT molecular complexity index is 841. The number of anilines is 1. The van der Waals surface area contributed by atoms with E-state index >= 15 is 0 Å². The molecule has 2 aromatic rings. The molecule has 0 N–H and O–H groups in total. The predicted octanol–water partition coefficient (Wildman–Crippen LogP) is 2.52. The molecule has 0 spiro atoms. The summed E-state index contributed by atoms with van der Waals surface area (Å²) in [6.45, 7) is 8.26. The zero-order chi connectivity index (χ0) is 17.3. The van der Waals surface area contributed by atoms with Gasteiger partial charge in [-0.15, -0.1) is 0 Å². The van der Waals surface area contributed by atoms with Gasteiger partial charge < -0.3 is 4.90 Å². The van der Waals surface area contributed by atoms with Gasteiger partial charge in [-0.2, -0.15) is 4.31 Å². The molecule has 1 aromatic heterocycles. The van der Waals surface area contributed by atoms with Gasteiger partial charge in [-0.05, 0) is 56.2 Å². The molecule has 0 aliphatic carbocycles. The average molecular weight is 345 g/mol. The highest BCUT2D eigenvalue weighted by molar-refractivity contribution is 7.89. The molecule has 0 atom stereocenters. The molecule has 3 rings (SSSR count). The first kappa shape index (κ1) is 16.9. The van der Waals surface area contributed by atoms with Gasteiger partial charge in [0, 0.05) is 43.8 Å². The van der Waals surface area contributed by atoms with Gasteiger partial charge in [0.15, 0.2) is 0 Å². The maximum Gasteiger partial charge on any atom is 0.243 e. The molecule has 0 radical (unpaired) electrons. The smallest absolute Gasteiger partial charge is 0.243 e. The van der Waals surface area contributed by atoms with Crippen molar-refractivity contribution in [2.24, 2.45) is 0 Å². The van der Waals surface area contributed by atoms with Crippen LogP contribution in [0, 0.1) is 20.8 Å². The predicted molar refractivity (Wildman–Crippen MR) is 95.9 cm³/mol. The Hall–Kier alpha value is -1.92. The van der Waals surface area contributed by atoms with Crippen LogP contribution in [-0.2, 0) is 10.0 Å². The van der Waals surface area contributed by atoms with Crippen molar-refractivity contribution in [1.29, 1.82) is 0 Å². The lowest BCUT2D eigenvalue weighted by atomic mass is 10.1. The number of piperazine rings is 1. The lowest BCUT2D eigenvalue weighted by Crippen LogP contribution is -2.48. The van der Waals surface area contributed by atoms with Crippen LogP contribution in [0.4, 0.5) is 5.69 Å². The van der Waals surface area contributed by atoms with Gasteiger partial charge in [0.2, 0.25) is 10.0 Å². The second-order valence-electron chi connectivity index (χ2n) is 6.29. The zero-order valence-electron chi connectivity index (χ0n) is 14.4. The molecule has 1 aliphatic heterocycles. The summed E-state index contributed by atoms with van der Waals surface area (Å²) < 4.78 is 27.3. The van der Waals surface area contributed by atoms with E-state index in [9.17, 15) is 8.42 Å². The highest BCUT2D eigenvalue weighted by Crippen LogP contribution is 2.22. The molecule has 0 unspecified atom stereocenters. The van der Waals surface area contributed by atoms with Gasteiger partial charge in [-0.25, -0.2) is 8.42 Å². The number of aryl methyl sites for hydroxylation is 3. The highest BCUT2D eigenvalue weighted by atomic mass is 32.2. The number of sulfonamides is 1.